The third-order valence-corrected chi connectivity index (χ3v) is 6.60. The molecule has 2 amide bonds. The maximum Gasteiger partial charge on any atom is 0.269 e. The fourth-order valence-corrected chi connectivity index (χ4v) is 4.48. The number of aryl methyl sites for hydroxylation is 2. The molecule has 10 heteroatoms. The number of unbranched alkanes of at least 4 members (excludes halogenated alkanes) is 2. The van der Waals surface area contributed by atoms with E-state index in [1.165, 1.54) is 12.1 Å². The molecule has 0 aliphatic carbocycles. The van der Waals surface area contributed by atoms with Gasteiger partial charge in [-0.1, -0.05) is 24.1 Å². The third-order valence-electron chi connectivity index (χ3n) is 5.14. The molecule has 2 aromatic carbocycles. The first-order valence-corrected chi connectivity index (χ1v) is 12.3. The van der Waals surface area contributed by atoms with Crippen LogP contribution in [0.2, 0.25) is 0 Å². The first-order valence-electron chi connectivity index (χ1n) is 10.8. The Labute approximate surface area is 193 Å². The molecule has 1 aliphatic rings. The number of hydrazine groups is 1. The lowest BCUT2D eigenvalue weighted by Gasteiger charge is -2.18. The number of hydrogen-bond donors (Lipinski definition) is 3. The van der Waals surface area contributed by atoms with Crippen LogP contribution in [0.1, 0.15) is 47.2 Å². The number of sulfonamides is 1. The average Bonchev–Trinajstić information content (AvgIpc) is 2.79. The summed E-state index contributed by atoms with van der Waals surface area (Å²) in [6, 6.07) is 9.98. The van der Waals surface area contributed by atoms with E-state index in [1.807, 2.05) is 26.0 Å². The normalized spacial score (nSPS) is 12.8. The van der Waals surface area contributed by atoms with Crippen LogP contribution < -0.4 is 25.0 Å². The summed E-state index contributed by atoms with van der Waals surface area (Å²) in [6.07, 6.45) is 2.02. The summed E-state index contributed by atoms with van der Waals surface area (Å²) in [5.74, 6) is 0.280. The van der Waals surface area contributed by atoms with Crippen LogP contribution in [0.25, 0.3) is 0 Å². The zero-order valence-corrected chi connectivity index (χ0v) is 19.6. The number of carbonyl (C=O) groups is 2. The third kappa shape index (κ3) is 6.93. The molecule has 2 aromatic rings. The molecule has 1 aliphatic heterocycles. The van der Waals surface area contributed by atoms with E-state index in [-0.39, 0.29) is 29.7 Å². The Morgan fingerprint density at radius 1 is 0.909 bits per heavy atom. The van der Waals surface area contributed by atoms with E-state index < -0.39 is 10.0 Å². The van der Waals surface area contributed by atoms with Gasteiger partial charge in [0.15, 0.2) is 11.5 Å². The van der Waals surface area contributed by atoms with Crippen molar-refractivity contribution >= 4 is 21.8 Å². The number of amides is 2. The van der Waals surface area contributed by atoms with Gasteiger partial charge in [0, 0.05) is 24.6 Å². The lowest BCUT2D eigenvalue weighted by molar-refractivity contribution is -0.122. The highest BCUT2D eigenvalue weighted by Gasteiger charge is 2.19. The molecule has 0 fully saturated rings. The Hall–Kier alpha value is -3.11. The van der Waals surface area contributed by atoms with E-state index in [0.717, 1.165) is 11.1 Å². The molecule has 1 heterocycles. The molecule has 3 rings (SSSR count). The van der Waals surface area contributed by atoms with Gasteiger partial charge in [-0.2, -0.15) is 0 Å². The highest BCUT2D eigenvalue weighted by atomic mass is 32.2. The molecule has 178 valence electrons. The fourth-order valence-electron chi connectivity index (χ4n) is 3.39. The van der Waals surface area contributed by atoms with Gasteiger partial charge >= 0.3 is 0 Å². The molecule has 9 nitrogen and oxygen atoms in total. The average molecular weight is 476 g/mol. The second kappa shape index (κ2) is 11.2. The van der Waals surface area contributed by atoms with Gasteiger partial charge in [0.1, 0.15) is 13.2 Å². The number of carbonyl (C=O) groups excluding carboxylic acids is 2. The Bertz CT molecular complexity index is 1120. The molecule has 3 N–H and O–H groups in total. The second-order valence-electron chi connectivity index (χ2n) is 7.83. The van der Waals surface area contributed by atoms with Crippen molar-refractivity contribution in [1.29, 1.82) is 0 Å². The molecule has 0 aromatic heterocycles. The molecule has 33 heavy (non-hydrogen) atoms. The molecular formula is C23H29N3O6S. The molecule has 0 atom stereocenters. The Kier molecular flexibility index (Phi) is 8.29. The van der Waals surface area contributed by atoms with Gasteiger partial charge in [-0.3, -0.25) is 20.4 Å². The van der Waals surface area contributed by atoms with E-state index in [9.17, 15) is 18.0 Å². The lowest BCUT2D eigenvalue weighted by Crippen LogP contribution is -2.41. The zero-order valence-electron chi connectivity index (χ0n) is 18.8. The molecule has 0 spiro atoms. The maximum atomic E-state index is 12.5. The Morgan fingerprint density at radius 2 is 1.67 bits per heavy atom. The van der Waals surface area contributed by atoms with Gasteiger partial charge < -0.3 is 9.47 Å². The summed E-state index contributed by atoms with van der Waals surface area (Å²) in [5.41, 5.74) is 7.23. The number of ether oxygens (including phenoxy) is 2. The van der Waals surface area contributed by atoms with E-state index >= 15 is 0 Å². The second-order valence-corrected chi connectivity index (χ2v) is 9.60. The van der Waals surface area contributed by atoms with Gasteiger partial charge in [-0.05, 0) is 50.5 Å². The van der Waals surface area contributed by atoms with E-state index in [2.05, 4.69) is 15.6 Å². The van der Waals surface area contributed by atoms with E-state index in [1.54, 1.807) is 12.1 Å². The van der Waals surface area contributed by atoms with Crippen LogP contribution in [0.4, 0.5) is 0 Å². The Balaban J connectivity index is 1.33. The lowest BCUT2D eigenvalue weighted by atomic mass is 10.1. The highest BCUT2D eigenvalue weighted by molar-refractivity contribution is 7.89. The summed E-state index contributed by atoms with van der Waals surface area (Å²) in [5, 5.41) is 0. The highest BCUT2D eigenvalue weighted by Crippen LogP contribution is 2.32. The smallest absolute Gasteiger partial charge is 0.269 e. The molecule has 0 radical (unpaired) electrons. The van der Waals surface area contributed by atoms with E-state index in [4.69, 9.17) is 9.47 Å². The number of nitrogens with one attached hydrogen (secondary N) is 3. The molecule has 0 bridgehead atoms. The summed E-state index contributed by atoms with van der Waals surface area (Å²) < 4.78 is 38.3. The van der Waals surface area contributed by atoms with E-state index in [0.29, 0.717) is 49.5 Å². The summed E-state index contributed by atoms with van der Waals surface area (Å²) in [7, 11) is -3.66. The van der Waals surface area contributed by atoms with Crippen molar-refractivity contribution < 1.29 is 27.5 Å². The number of benzene rings is 2. The SMILES string of the molecule is Cc1ccc(C(=O)NNC(=O)CCCCCNS(=O)(=O)c2ccc3c(c2)OCCO3)c(C)c1. The predicted molar refractivity (Wildman–Crippen MR) is 123 cm³/mol. The number of hydrogen-bond acceptors (Lipinski definition) is 6. The van der Waals surface area contributed by atoms with Crippen LogP contribution in [0.3, 0.4) is 0 Å². The van der Waals surface area contributed by atoms with Gasteiger partial charge in [0.2, 0.25) is 15.9 Å². The molecule has 0 saturated carbocycles. The van der Waals surface area contributed by atoms with Crippen molar-refractivity contribution in [2.75, 3.05) is 19.8 Å². The largest absolute Gasteiger partial charge is 0.486 e. The fraction of sp³-hybridized carbons (Fsp3) is 0.391. The van der Waals surface area contributed by atoms with Crippen LogP contribution in [-0.2, 0) is 14.8 Å². The maximum absolute atomic E-state index is 12.5. The topological polar surface area (TPSA) is 123 Å². The summed E-state index contributed by atoms with van der Waals surface area (Å²) >= 11 is 0. The summed E-state index contributed by atoms with van der Waals surface area (Å²) in [4.78, 5) is 24.3. The van der Waals surface area contributed by atoms with Gasteiger partial charge in [-0.15, -0.1) is 0 Å². The van der Waals surface area contributed by atoms with Crippen molar-refractivity contribution in [2.45, 2.75) is 44.4 Å². The number of fused-ring (bicyclic) bond motifs is 1. The van der Waals surface area contributed by atoms with Crippen LogP contribution in [0, 0.1) is 13.8 Å². The van der Waals surface area contributed by atoms with Gasteiger partial charge in [0.25, 0.3) is 5.91 Å². The van der Waals surface area contributed by atoms with Crippen molar-refractivity contribution in [3.8, 4) is 11.5 Å². The van der Waals surface area contributed by atoms with Crippen LogP contribution in [0.5, 0.6) is 11.5 Å². The van der Waals surface area contributed by atoms with Crippen molar-refractivity contribution in [3.05, 3.63) is 53.1 Å². The minimum Gasteiger partial charge on any atom is -0.486 e. The van der Waals surface area contributed by atoms with Gasteiger partial charge in [0.05, 0.1) is 4.90 Å². The van der Waals surface area contributed by atoms with Gasteiger partial charge in [-0.25, -0.2) is 13.1 Å². The predicted octanol–water partition coefficient (Wildman–Crippen LogP) is 2.37. The monoisotopic (exact) mass is 475 g/mol. The zero-order chi connectivity index (χ0) is 23.8. The first-order chi connectivity index (χ1) is 15.8. The number of rotatable bonds is 9. The minimum absolute atomic E-state index is 0.116. The quantitative estimate of drug-likeness (QED) is 0.378. The van der Waals surface area contributed by atoms with Crippen LogP contribution in [0.15, 0.2) is 41.3 Å². The van der Waals surface area contributed by atoms with Crippen LogP contribution in [-0.4, -0.2) is 40.0 Å². The van der Waals surface area contributed by atoms with Crippen molar-refractivity contribution in [2.24, 2.45) is 0 Å². The summed E-state index contributed by atoms with van der Waals surface area (Å²) in [6.45, 7) is 4.86. The molecule has 0 saturated heterocycles. The minimum atomic E-state index is -3.66. The first kappa shape index (κ1) is 24.5. The Morgan fingerprint density at radius 3 is 2.42 bits per heavy atom. The molecule has 0 unspecified atom stereocenters. The standard InChI is InChI=1S/C23H29N3O6S/c1-16-7-9-19(17(2)14-16)23(28)26-25-22(27)6-4-3-5-11-24-33(29,30)18-8-10-20-21(15-18)32-13-12-31-20/h7-10,14-15,24H,3-6,11-13H2,1-2H3,(H,25,27)(H,26,28). The van der Waals surface area contributed by atoms with Crippen molar-refractivity contribution in [3.63, 3.8) is 0 Å². The van der Waals surface area contributed by atoms with Crippen molar-refractivity contribution in [1.82, 2.24) is 15.6 Å². The van der Waals surface area contributed by atoms with Crippen LogP contribution >= 0.6 is 0 Å². The molecular weight excluding hydrogens is 446 g/mol.